The van der Waals surface area contributed by atoms with Gasteiger partial charge in [-0.1, -0.05) is 12.1 Å². The Morgan fingerprint density at radius 3 is 2.71 bits per heavy atom. The third kappa shape index (κ3) is 2.74. The van der Waals surface area contributed by atoms with Gasteiger partial charge in [-0.05, 0) is 44.5 Å². The van der Waals surface area contributed by atoms with Gasteiger partial charge in [0.05, 0.1) is 7.11 Å². The molecule has 2 heteroatoms. The van der Waals surface area contributed by atoms with Crippen molar-refractivity contribution in [1.29, 1.82) is 0 Å². The van der Waals surface area contributed by atoms with Gasteiger partial charge in [0.25, 0.3) is 0 Å². The number of hydrogen-bond donors (Lipinski definition) is 1. The topological polar surface area (TPSA) is 21.3 Å². The van der Waals surface area contributed by atoms with Crippen molar-refractivity contribution < 1.29 is 4.74 Å². The predicted molar refractivity (Wildman–Crippen MR) is 60.0 cm³/mol. The Morgan fingerprint density at radius 2 is 2.14 bits per heavy atom. The lowest BCUT2D eigenvalue weighted by atomic mass is 10.0. The van der Waals surface area contributed by atoms with E-state index in [1.165, 1.54) is 11.1 Å². The fourth-order valence-corrected chi connectivity index (χ4v) is 1.45. The first kappa shape index (κ1) is 11.1. The Labute approximate surface area is 86.3 Å². The smallest absolute Gasteiger partial charge is 0.122 e. The number of methoxy groups -OCH3 is 1. The van der Waals surface area contributed by atoms with Gasteiger partial charge in [0, 0.05) is 6.04 Å². The number of likely N-dealkylation sites (N-methyl/N-ethyl adjacent to an activating group) is 1. The van der Waals surface area contributed by atoms with Crippen LogP contribution in [-0.4, -0.2) is 20.2 Å². The summed E-state index contributed by atoms with van der Waals surface area (Å²) in [6.07, 6.45) is 1.000. The molecule has 0 fully saturated rings. The van der Waals surface area contributed by atoms with Gasteiger partial charge >= 0.3 is 0 Å². The molecule has 0 amide bonds. The van der Waals surface area contributed by atoms with E-state index in [-0.39, 0.29) is 0 Å². The summed E-state index contributed by atoms with van der Waals surface area (Å²) in [6.45, 7) is 4.24. The minimum absolute atomic E-state index is 0.478. The zero-order chi connectivity index (χ0) is 10.6. The average Bonchev–Trinajstić information content (AvgIpc) is 2.20. The molecule has 78 valence electrons. The van der Waals surface area contributed by atoms with Gasteiger partial charge in [0.15, 0.2) is 0 Å². The number of rotatable bonds is 4. The second-order valence-corrected chi connectivity index (χ2v) is 3.71. The Morgan fingerprint density at radius 1 is 1.43 bits per heavy atom. The number of hydrogen-bond acceptors (Lipinski definition) is 2. The molecular formula is C12H19NO. The zero-order valence-corrected chi connectivity index (χ0v) is 9.42. The molecule has 1 atom stereocenters. The molecule has 1 N–H and O–H groups in total. The fourth-order valence-electron chi connectivity index (χ4n) is 1.45. The van der Waals surface area contributed by atoms with Crippen LogP contribution < -0.4 is 10.1 Å². The van der Waals surface area contributed by atoms with Crippen molar-refractivity contribution in [2.24, 2.45) is 0 Å². The van der Waals surface area contributed by atoms with E-state index in [1.807, 2.05) is 7.05 Å². The summed E-state index contributed by atoms with van der Waals surface area (Å²) < 4.78 is 5.34. The average molecular weight is 193 g/mol. The van der Waals surface area contributed by atoms with Crippen LogP contribution in [0.4, 0.5) is 0 Å². The van der Waals surface area contributed by atoms with Gasteiger partial charge < -0.3 is 10.1 Å². The van der Waals surface area contributed by atoms with Gasteiger partial charge in [-0.25, -0.2) is 0 Å². The molecule has 0 saturated carbocycles. The third-order valence-electron chi connectivity index (χ3n) is 2.46. The molecule has 0 aliphatic heterocycles. The lowest BCUT2D eigenvalue weighted by Crippen LogP contribution is -2.23. The maximum Gasteiger partial charge on any atom is 0.122 e. The van der Waals surface area contributed by atoms with E-state index in [0.717, 1.165) is 12.2 Å². The molecule has 1 aromatic carbocycles. The van der Waals surface area contributed by atoms with Crippen molar-refractivity contribution >= 4 is 0 Å². The third-order valence-corrected chi connectivity index (χ3v) is 2.46. The van der Waals surface area contributed by atoms with Crippen LogP contribution in [-0.2, 0) is 6.42 Å². The number of benzene rings is 1. The second-order valence-electron chi connectivity index (χ2n) is 3.71. The van der Waals surface area contributed by atoms with Crippen LogP contribution in [0.15, 0.2) is 18.2 Å². The Bertz CT molecular complexity index is 296. The van der Waals surface area contributed by atoms with E-state index in [2.05, 4.69) is 37.4 Å². The molecule has 0 aliphatic rings. The Kier molecular flexibility index (Phi) is 3.96. The van der Waals surface area contributed by atoms with Crippen LogP contribution in [0.3, 0.4) is 0 Å². The highest BCUT2D eigenvalue weighted by atomic mass is 16.5. The molecule has 1 rings (SSSR count). The largest absolute Gasteiger partial charge is 0.496 e. The first-order valence-electron chi connectivity index (χ1n) is 4.98. The lowest BCUT2D eigenvalue weighted by Gasteiger charge is -2.13. The van der Waals surface area contributed by atoms with Crippen molar-refractivity contribution in [3.8, 4) is 5.75 Å². The fraction of sp³-hybridized carbons (Fsp3) is 0.500. The summed E-state index contributed by atoms with van der Waals surface area (Å²) in [6, 6.07) is 6.83. The molecule has 2 nitrogen and oxygen atoms in total. The van der Waals surface area contributed by atoms with Crippen molar-refractivity contribution in [3.05, 3.63) is 29.3 Å². The summed E-state index contributed by atoms with van der Waals surface area (Å²) in [5, 5.41) is 3.22. The van der Waals surface area contributed by atoms with Gasteiger partial charge in [-0.15, -0.1) is 0 Å². The molecule has 0 saturated heterocycles. The van der Waals surface area contributed by atoms with Gasteiger partial charge in [-0.3, -0.25) is 0 Å². The van der Waals surface area contributed by atoms with Crippen LogP contribution >= 0.6 is 0 Å². The molecule has 0 bridgehead atoms. The maximum absolute atomic E-state index is 5.34. The normalized spacial score (nSPS) is 12.6. The first-order chi connectivity index (χ1) is 6.67. The first-order valence-corrected chi connectivity index (χ1v) is 4.98. The minimum Gasteiger partial charge on any atom is -0.496 e. The molecule has 0 aliphatic carbocycles. The maximum atomic E-state index is 5.34. The predicted octanol–water partition coefficient (Wildman–Crippen LogP) is 2.15. The summed E-state index contributed by atoms with van der Waals surface area (Å²) in [7, 11) is 3.70. The van der Waals surface area contributed by atoms with Crippen molar-refractivity contribution in [2.75, 3.05) is 14.2 Å². The molecule has 1 aromatic rings. The Balaban J connectivity index is 2.85. The minimum atomic E-state index is 0.478. The highest BCUT2D eigenvalue weighted by molar-refractivity contribution is 5.37. The monoisotopic (exact) mass is 193 g/mol. The number of aryl methyl sites for hydroxylation is 1. The van der Waals surface area contributed by atoms with E-state index in [0.29, 0.717) is 6.04 Å². The van der Waals surface area contributed by atoms with E-state index < -0.39 is 0 Å². The van der Waals surface area contributed by atoms with Crippen LogP contribution in [0.5, 0.6) is 5.75 Å². The quantitative estimate of drug-likeness (QED) is 0.791. The highest BCUT2D eigenvalue weighted by Crippen LogP contribution is 2.21. The molecule has 0 spiro atoms. The van der Waals surface area contributed by atoms with Gasteiger partial charge in [0.2, 0.25) is 0 Å². The highest BCUT2D eigenvalue weighted by Gasteiger charge is 2.06. The van der Waals surface area contributed by atoms with Crippen molar-refractivity contribution in [2.45, 2.75) is 26.3 Å². The van der Waals surface area contributed by atoms with Crippen molar-refractivity contribution in [1.82, 2.24) is 5.32 Å². The molecule has 0 heterocycles. The van der Waals surface area contributed by atoms with E-state index >= 15 is 0 Å². The standard InChI is InChI=1S/C12H19NO/c1-9-5-6-11(8-10(2)13-3)12(7-9)14-4/h5-7,10,13H,8H2,1-4H3. The van der Waals surface area contributed by atoms with E-state index in [9.17, 15) is 0 Å². The van der Waals surface area contributed by atoms with Crippen LogP contribution in [0.2, 0.25) is 0 Å². The van der Waals surface area contributed by atoms with Crippen LogP contribution in [0.25, 0.3) is 0 Å². The summed E-state index contributed by atoms with van der Waals surface area (Å²) in [5.41, 5.74) is 2.50. The molecule has 0 radical (unpaired) electrons. The summed E-state index contributed by atoms with van der Waals surface area (Å²) in [4.78, 5) is 0. The second kappa shape index (κ2) is 5.01. The van der Waals surface area contributed by atoms with E-state index in [4.69, 9.17) is 4.74 Å². The summed E-state index contributed by atoms with van der Waals surface area (Å²) in [5.74, 6) is 0.993. The number of nitrogens with one attached hydrogen (secondary N) is 1. The number of ether oxygens (including phenoxy) is 1. The summed E-state index contributed by atoms with van der Waals surface area (Å²) >= 11 is 0. The zero-order valence-electron chi connectivity index (χ0n) is 9.42. The molecular weight excluding hydrogens is 174 g/mol. The molecule has 14 heavy (non-hydrogen) atoms. The Hall–Kier alpha value is -1.02. The van der Waals surface area contributed by atoms with Crippen molar-refractivity contribution in [3.63, 3.8) is 0 Å². The molecule has 1 unspecified atom stereocenters. The van der Waals surface area contributed by atoms with E-state index in [1.54, 1.807) is 7.11 Å². The van der Waals surface area contributed by atoms with Gasteiger partial charge in [0.1, 0.15) is 5.75 Å². The van der Waals surface area contributed by atoms with Crippen LogP contribution in [0.1, 0.15) is 18.1 Å². The van der Waals surface area contributed by atoms with Gasteiger partial charge in [-0.2, -0.15) is 0 Å². The van der Waals surface area contributed by atoms with Crippen LogP contribution in [0, 0.1) is 6.92 Å². The lowest BCUT2D eigenvalue weighted by molar-refractivity contribution is 0.406. The SMILES string of the molecule is CNC(C)Cc1ccc(C)cc1OC. The molecule has 0 aromatic heterocycles.